The number of sulfonamides is 1. The number of nitrogens with one attached hydrogen (secondary N) is 1. The van der Waals surface area contributed by atoms with Gasteiger partial charge in [-0.15, -0.1) is 0 Å². The van der Waals surface area contributed by atoms with E-state index >= 15 is 0 Å². The van der Waals surface area contributed by atoms with Gasteiger partial charge in [-0.1, -0.05) is 11.6 Å². The first-order valence-corrected chi connectivity index (χ1v) is 11.5. The maximum absolute atomic E-state index is 12.5. The molecule has 2 aromatic carbocycles. The van der Waals surface area contributed by atoms with Gasteiger partial charge in [0.25, 0.3) is 5.91 Å². The summed E-state index contributed by atoms with van der Waals surface area (Å²) >= 11 is 6.05. The van der Waals surface area contributed by atoms with Crippen molar-refractivity contribution >= 4 is 39.2 Å². The number of benzene rings is 2. The van der Waals surface area contributed by atoms with E-state index in [9.17, 15) is 18.0 Å². The predicted octanol–water partition coefficient (Wildman–Crippen LogP) is 3.24. The summed E-state index contributed by atoms with van der Waals surface area (Å²) in [6.07, 6.45) is 1.68. The van der Waals surface area contributed by atoms with Gasteiger partial charge in [0.2, 0.25) is 10.0 Å². The molecule has 166 valence electrons. The number of nitrogens with zero attached hydrogens (tertiary/aromatic N) is 1. The van der Waals surface area contributed by atoms with E-state index in [1.807, 2.05) is 0 Å². The number of carbonyl (C=O) groups is 2. The van der Waals surface area contributed by atoms with Crippen molar-refractivity contribution in [2.24, 2.45) is 0 Å². The standard InChI is InChI=1S/C21H23ClN2O6S/c1-14-11-18(19(29-2)12-17(14)22)23-20(25)13-30-21(26)15-5-7-16(8-6-15)31(27,28)24-9-3-4-10-24/h5-8,11-12H,3-4,9-10,13H2,1-2H3,(H,23,25). The minimum absolute atomic E-state index is 0.119. The molecule has 0 saturated carbocycles. The van der Waals surface area contributed by atoms with Gasteiger partial charge in [0.1, 0.15) is 5.75 Å². The highest BCUT2D eigenvalue weighted by molar-refractivity contribution is 7.89. The molecule has 0 atom stereocenters. The molecule has 1 heterocycles. The quantitative estimate of drug-likeness (QED) is 0.628. The first-order chi connectivity index (χ1) is 14.7. The molecule has 0 unspecified atom stereocenters. The molecule has 1 N–H and O–H groups in total. The lowest BCUT2D eigenvalue weighted by molar-refractivity contribution is -0.119. The van der Waals surface area contributed by atoms with E-state index in [0.717, 1.165) is 18.4 Å². The molecular formula is C21H23ClN2O6S. The van der Waals surface area contributed by atoms with Crippen LogP contribution in [0.15, 0.2) is 41.3 Å². The third-order valence-electron chi connectivity index (χ3n) is 4.88. The largest absolute Gasteiger partial charge is 0.495 e. The van der Waals surface area contributed by atoms with Gasteiger partial charge in [0, 0.05) is 24.2 Å². The van der Waals surface area contributed by atoms with Crippen LogP contribution >= 0.6 is 11.6 Å². The molecule has 10 heteroatoms. The summed E-state index contributed by atoms with van der Waals surface area (Å²) in [5, 5.41) is 3.11. The van der Waals surface area contributed by atoms with Gasteiger partial charge in [-0.25, -0.2) is 13.2 Å². The van der Waals surface area contributed by atoms with Crippen LogP contribution in [0, 0.1) is 6.92 Å². The highest BCUT2D eigenvalue weighted by atomic mass is 35.5. The number of aryl methyl sites for hydroxylation is 1. The molecule has 31 heavy (non-hydrogen) atoms. The SMILES string of the molecule is COc1cc(Cl)c(C)cc1NC(=O)COC(=O)c1ccc(S(=O)(=O)N2CCCC2)cc1. The van der Waals surface area contributed by atoms with E-state index in [1.54, 1.807) is 19.1 Å². The number of amides is 1. The summed E-state index contributed by atoms with van der Waals surface area (Å²) in [6.45, 7) is 2.26. The number of ether oxygens (including phenoxy) is 2. The van der Waals surface area contributed by atoms with Gasteiger partial charge in [-0.05, 0) is 55.7 Å². The van der Waals surface area contributed by atoms with Gasteiger partial charge in [0.15, 0.2) is 6.61 Å². The molecule has 1 amide bonds. The summed E-state index contributed by atoms with van der Waals surface area (Å²) in [5.74, 6) is -0.911. The summed E-state index contributed by atoms with van der Waals surface area (Å²) in [7, 11) is -2.11. The van der Waals surface area contributed by atoms with Crippen molar-refractivity contribution in [3.8, 4) is 5.75 Å². The monoisotopic (exact) mass is 466 g/mol. The average molecular weight is 467 g/mol. The molecule has 1 aliphatic heterocycles. The molecule has 0 spiro atoms. The maximum atomic E-state index is 12.5. The fourth-order valence-electron chi connectivity index (χ4n) is 3.17. The molecule has 3 rings (SSSR count). The van der Waals surface area contributed by atoms with E-state index in [1.165, 1.54) is 35.7 Å². The third-order valence-corrected chi connectivity index (χ3v) is 7.20. The van der Waals surface area contributed by atoms with Crippen molar-refractivity contribution in [1.29, 1.82) is 0 Å². The molecule has 0 bridgehead atoms. The number of methoxy groups -OCH3 is 1. The van der Waals surface area contributed by atoms with Crippen LogP contribution in [0.1, 0.15) is 28.8 Å². The number of esters is 1. The first kappa shape index (κ1) is 23.1. The molecular weight excluding hydrogens is 444 g/mol. The second kappa shape index (κ2) is 9.67. The van der Waals surface area contributed by atoms with Crippen LogP contribution in [0.5, 0.6) is 5.75 Å². The van der Waals surface area contributed by atoms with Crippen LogP contribution in [0.4, 0.5) is 5.69 Å². The van der Waals surface area contributed by atoms with Crippen molar-refractivity contribution in [2.75, 3.05) is 32.1 Å². The second-order valence-electron chi connectivity index (χ2n) is 7.06. The van der Waals surface area contributed by atoms with Gasteiger partial charge in [0.05, 0.1) is 23.3 Å². The van der Waals surface area contributed by atoms with Crippen LogP contribution in [-0.4, -0.2) is 51.4 Å². The third kappa shape index (κ3) is 5.36. The summed E-state index contributed by atoms with van der Waals surface area (Å²) in [6, 6.07) is 8.71. The lowest BCUT2D eigenvalue weighted by atomic mass is 10.2. The Hall–Kier alpha value is -2.62. The first-order valence-electron chi connectivity index (χ1n) is 9.63. The Morgan fingerprint density at radius 1 is 1.13 bits per heavy atom. The molecule has 0 aromatic heterocycles. The second-order valence-corrected chi connectivity index (χ2v) is 9.41. The molecule has 2 aromatic rings. The number of halogens is 1. The van der Waals surface area contributed by atoms with E-state index in [4.69, 9.17) is 21.1 Å². The van der Waals surface area contributed by atoms with Gasteiger partial charge in [-0.3, -0.25) is 4.79 Å². The highest BCUT2D eigenvalue weighted by Crippen LogP contribution is 2.30. The number of anilines is 1. The van der Waals surface area contributed by atoms with Crippen molar-refractivity contribution in [3.63, 3.8) is 0 Å². The highest BCUT2D eigenvalue weighted by Gasteiger charge is 2.27. The van der Waals surface area contributed by atoms with E-state index < -0.39 is 28.5 Å². The Kier molecular flexibility index (Phi) is 7.19. The van der Waals surface area contributed by atoms with Crippen LogP contribution in [0.2, 0.25) is 5.02 Å². The van der Waals surface area contributed by atoms with Crippen LogP contribution in [0.25, 0.3) is 0 Å². The molecule has 8 nitrogen and oxygen atoms in total. The van der Waals surface area contributed by atoms with Crippen LogP contribution in [-0.2, 0) is 19.6 Å². The zero-order valence-corrected chi connectivity index (χ0v) is 18.8. The van der Waals surface area contributed by atoms with Crippen LogP contribution < -0.4 is 10.1 Å². The number of rotatable bonds is 7. The van der Waals surface area contributed by atoms with Crippen molar-refractivity contribution in [2.45, 2.75) is 24.7 Å². The topological polar surface area (TPSA) is 102 Å². The van der Waals surface area contributed by atoms with E-state index in [0.29, 0.717) is 29.5 Å². The zero-order valence-electron chi connectivity index (χ0n) is 17.2. The Bertz CT molecular complexity index is 1080. The predicted molar refractivity (Wildman–Crippen MR) is 116 cm³/mol. The molecule has 0 aliphatic carbocycles. The lowest BCUT2D eigenvalue weighted by Crippen LogP contribution is -2.27. The molecule has 0 radical (unpaired) electrons. The Labute approximate surface area is 186 Å². The molecule has 1 fully saturated rings. The Balaban J connectivity index is 1.59. The van der Waals surface area contributed by atoms with Crippen molar-refractivity contribution in [1.82, 2.24) is 4.31 Å². The fraction of sp³-hybridized carbons (Fsp3) is 0.333. The Morgan fingerprint density at radius 3 is 2.39 bits per heavy atom. The van der Waals surface area contributed by atoms with Crippen LogP contribution in [0.3, 0.4) is 0 Å². The number of hydrogen-bond acceptors (Lipinski definition) is 6. The summed E-state index contributed by atoms with van der Waals surface area (Å²) in [5.41, 5.74) is 1.30. The van der Waals surface area contributed by atoms with Crippen molar-refractivity contribution < 1.29 is 27.5 Å². The van der Waals surface area contributed by atoms with Gasteiger partial charge in [-0.2, -0.15) is 4.31 Å². The maximum Gasteiger partial charge on any atom is 0.338 e. The number of carbonyl (C=O) groups excluding carboxylic acids is 2. The minimum atomic E-state index is -3.56. The summed E-state index contributed by atoms with van der Waals surface area (Å²) < 4.78 is 36.7. The molecule has 1 aliphatic rings. The van der Waals surface area contributed by atoms with Gasteiger partial charge >= 0.3 is 5.97 Å². The van der Waals surface area contributed by atoms with Crippen molar-refractivity contribution in [3.05, 3.63) is 52.5 Å². The Morgan fingerprint density at radius 2 is 1.77 bits per heavy atom. The molecule has 1 saturated heterocycles. The summed E-state index contributed by atoms with van der Waals surface area (Å²) in [4.78, 5) is 24.5. The lowest BCUT2D eigenvalue weighted by Gasteiger charge is -2.15. The normalized spacial score (nSPS) is 14.3. The van der Waals surface area contributed by atoms with Gasteiger partial charge < -0.3 is 14.8 Å². The van der Waals surface area contributed by atoms with E-state index in [2.05, 4.69) is 5.32 Å². The smallest absolute Gasteiger partial charge is 0.338 e. The average Bonchev–Trinajstić information content (AvgIpc) is 3.30. The zero-order chi connectivity index (χ0) is 22.6. The number of hydrogen-bond donors (Lipinski definition) is 1. The fourth-order valence-corrected chi connectivity index (χ4v) is 4.84. The minimum Gasteiger partial charge on any atom is -0.495 e. The van der Waals surface area contributed by atoms with E-state index in [-0.39, 0.29) is 10.5 Å².